The van der Waals surface area contributed by atoms with Gasteiger partial charge in [0.1, 0.15) is 6.04 Å². The Hall–Kier alpha value is -1.61. The first kappa shape index (κ1) is 12.8. The number of hydrogen-bond acceptors (Lipinski definition) is 2. The Morgan fingerprint density at radius 3 is 2.83 bits per heavy atom. The van der Waals surface area contributed by atoms with Crippen molar-refractivity contribution in [2.75, 3.05) is 6.54 Å². The molecule has 1 aromatic carbocycles. The van der Waals surface area contributed by atoms with Crippen LogP contribution < -0.4 is 0 Å². The maximum Gasteiger partial charge on any atom is 0.321 e. The van der Waals surface area contributed by atoms with E-state index in [0.29, 0.717) is 6.42 Å². The molecule has 1 aromatic rings. The molecular formula is C15H19NO2. The lowest BCUT2D eigenvalue weighted by Gasteiger charge is -2.32. The zero-order valence-corrected chi connectivity index (χ0v) is 10.7. The van der Waals surface area contributed by atoms with Crippen molar-refractivity contribution in [3.63, 3.8) is 0 Å². The largest absolute Gasteiger partial charge is 0.480 e. The third-order valence-electron chi connectivity index (χ3n) is 3.48. The third kappa shape index (κ3) is 2.79. The number of nitrogens with zero attached hydrogens (tertiary/aromatic N) is 1. The number of carboxylic acid groups (broad SMARTS) is 1. The minimum Gasteiger partial charge on any atom is -0.480 e. The Morgan fingerprint density at radius 2 is 2.17 bits per heavy atom. The molecule has 0 bridgehead atoms. The summed E-state index contributed by atoms with van der Waals surface area (Å²) >= 11 is 0. The van der Waals surface area contributed by atoms with Crippen LogP contribution in [0, 0.1) is 0 Å². The Labute approximate surface area is 108 Å². The van der Waals surface area contributed by atoms with E-state index >= 15 is 0 Å². The molecule has 1 aliphatic rings. The summed E-state index contributed by atoms with van der Waals surface area (Å²) in [4.78, 5) is 13.4. The molecule has 1 unspecified atom stereocenters. The van der Waals surface area contributed by atoms with Crippen LogP contribution >= 0.6 is 0 Å². The SMILES string of the molecule is CC=CCC(C(=O)O)N1CCc2ccccc2C1. The average Bonchev–Trinajstić information content (AvgIpc) is 2.38. The quantitative estimate of drug-likeness (QED) is 0.828. The highest BCUT2D eigenvalue weighted by atomic mass is 16.4. The molecule has 3 nitrogen and oxygen atoms in total. The molecule has 0 saturated carbocycles. The van der Waals surface area contributed by atoms with Gasteiger partial charge < -0.3 is 5.11 Å². The number of carboxylic acids is 1. The van der Waals surface area contributed by atoms with Crippen LogP contribution in [-0.2, 0) is 17.8 Å². The molecule has 1 aliphatic heterocycles. The number of allylic oxidation sites excluding steroid dienone is 1. The molecule has 0 radical (unpaired) electrons. The van der Waals surface area contributed by atoms with Crippen molar-refractivity contribution in [1.29, 1.82) is 0 Å². The van der Waals surface area contributed by atoms with Gasteiger partial charge in [0.05, 0.1) is 0 Å². The van der Waals surface area contributed by atoms with E-state index in [0.717, 1.165) is 19.5 Å². The van der Waals surface area contributed by atoms with E-state index < -0.39 is 12.0 Å². The van der Waals surface area contributed by atoms with E-state index in [9.17, 15) is 9.90 Å². The van der Waals surface area contributed by atoms with Gasteiger partial charge in [0, 0.05) is 13.1 Å². The lowest BCUT2D eigenvalue weighted by atomic mass is 9.98. The third-order valence-corrected chi connectivity index (χ3v) is 3.48. The summed E-state index contributed by atoms with van der Waals surface area (Å²) in [6, 6.07) is 7.88. The van der Waals surface area contributed by atoms with Gasteiger partial charge in [-0.2, -0.15) is 0 Å². The molecule has 1 atom stereocenters. The van der Waals surface area contributed by atoms with Gasteiger partial charge >= 0.3 is 5.97 Å². The zero-order chi connectivity index (χ0) is 13.0. The van der Waals surface area contributed by atoms with Gasteiger partial charge in [0.2, 0.25) is 0 Å². The molecule has 18 heavy (non-hydrogen) atoms. The van der Waals surface area contributed by atoms with Crippen molar-refractivity contribution in [2.24, 2.45) is 0 Å². The maximum atomic E-state index is 11.3. The van der Waals surface area contributed by atoms with Gasteiger partial charge in [-0.1, -0.05) is 36.4 Å². The van der Waals surface area contributed by atoms with Crippen LogP contribution in [0.3, 0.4) is 0 Å². The fourth-order valence-electron chi connectivity index (χ4n) is 2.45. The molecule has 0 aliphatic carbocycles. The molecule has 0 amide bonds. The smallest absolute Gasteiger partial charge is 0.321 e. The normalized spacial score (nSPS) is 17.6. The maximum absolute atomic E-state index is 11.3. The van der Waals surface area contributed by atoms with E-state index in [2.05, 4.69) is 17.0 Å². The minimum absolute atomic E-state index is 0.408. The predicted octanol–water partition coefficient (Wildman–Crippen LogP) is 2.46. The van der Waals surface area contributed by atoms with Crippen molar-refractivity contribution < 1.29 is 9.90 Å². The first-order valence-corrected chi connectivity index (χ1v) is 6.37. The zero-order valence-electron chi connectivity index (χ0n) is 10.7. The summed E-state index contributed by atoms with van der Waals surface area (Å²) in [5.41, 5.74) is 2.61. The lowest BCUT2D eigenvalue weighted by molar-refractivity contribution is -0.143. The van der Waals surface area contributed by atoms with Gasteiger partial charge in [-0.15, -0.1) is 0 Å². The fourth-order valence-corrected chi connectivity index (χ4v) is 2.45. The van der Waals surface area contributed by atoms with E-state index in [1.54, 1.807) is 0 Å². The highest BCUT2D eigenvalue weighted by Gasteiger charge is 2.27. The Bertz CT molecular complexity index is 454. The minimum atomic E-state index is -0.729. The summed E-state index contributed by atoms with van der Waals surface area (Å²) in [5, 5.41) is 9.32. The number of hydrogen-bond donors (Lipinski definition) is 1. The molecule has 3 heteroatoms. The van der Waals surface area contributed by atoms with Crippen LogP contribution in [0.5, 0.6) is 0 Å². The van der Waals surface area contributed by atoms with E-state index in [1.807, 2.05) is 31.2 Å². The van der Waals surface area contributed by atoms with E-state index in [1.165, 1.54) is 11.1 Å². The van der Waals surface area contributed by atoms with E-state index in [-0.39, 0.29) is 0 Å². The van der Waals surface area contributed by atoms with Crippen LogP contribution in [-0.4, -0.2) is 28.6 Å². The van der Waals surface area contributed by atoms with Crippen LogP contribution in [0.25, 0.3) is 0 Å². The second-order valence-corrected chi connectivity index (χ2v) is 4.65. The van der Waals surface area contributed by atoms with Crippen molar-refractivity contribution in [3.8, 4) is 0 Å². The summed E-state index contributed by atoms with van der Waals surface area (Å²) < 4.78 is 0. The number of carbonyl (C=O) groups is 1. The standard InChI is InChI=1S/C15H19NO2/c1-2-3-8-14(15(17)18)16-10-9-12-6-4-5-7-13(12)11-16/h2-7,14H,8-11H2,1H3,(H,17,18). The van der Waals surface area contributed by atoms with Crippen molar-refractivity contribution in [2.45, 2.75) is 32.4 Å². The Balaban J connectivity index is 2.12. The van der Waals surface area contributed by atoms with Crippen LogP contribution in [0.15, 0.2) is 36.4 Å². The molecular weight excluding hydrogens is 226 g/mol. The van der Waals surface area contributed by atoms with Gasteiger partial charge in [-0.3, -0.25) is 9.69 Å². The number of fused-ring (bicyclic) bond motifs is 1. The van der Waals surface area contributed by atoms with Gasteiger partial charge in [-0.05, 0) is 30.9 Å². The molecule has 0 aromatic heterocycles. The molecule has 0 fully saturated rings. The summed E-state index contributed by atoms with van der Waals surface area (Å²) in [5.74, 6) is -0.729. The Morgan fingerprint density at radius 1 is 1.44 bits per heavy atom. The summed E-state index contributed by atoms with van der Waals surface area (Å²) in [6.45, 7) is 3.49. The molecule has 2 rings (SSSR count). The number of benzene rings is 1. The molecule has 0 spiro atoms. The topological polar surface area (TPSA) is 40.5 Å². The monoisotopic (exact) mass is 245 g/mol. The number of aliphatic carboxylic acids is 1. The van der Waals surface area contributed by atoms with Gasteiger partial charge in [0.15, 0.2) is 0 Å². The fraction of sp³-hybridized carbons (Fsp3) is 0.400. The average molecular weight is 245 g/mol. The van der Waals surface area contributed by atoms with Gasteiger partial charge in [0.25, 0.3) is 0 Å². The molecule has 0 saturated heterocycles. The first-order valence-electron chi connectivity index (χ1n) is 6.37. The van der Waals surface area contributed by atoms with E-state index in [4.69, 9.17) is 0 Å². The predicted molar refractivity (Wildman–Crippen MR) is 71.4 cm³/mol. The second-order valence-electron chi connectivity index (χ2n) is 4.65. The van der Waals surface area contributed by atoms with Crippen molar-refractivity contribution >= 4 is 5.97 Å². The van der Waals surface area contributed by atoms with Crippen LogP contribution in [0.1, 0.15) is 24.5 Å². The molecule has 96 valence electrons. The molecule has 1 N–H and O–H groups in total. The van der Waals surface area contributed by atoms with Crippen molar-refractivity contribution in [1.82, 2.24) is 4.90 Å². The molecule has 1 heterocycles. The van der Waals surface area contributed by atoms with Crippen LogP contribution in [0.4, 0.5) is 0 Å². The number of rotatable bonds is 4. The van der Waals surface area contributed by atoms with Gasteiger partial charge in [-0.25, -0.2) is 0 Å². The summed E-state index contributed by atoms with van der Waals surface area (Å²) in [7, 11) is 0. The second kappa shape index (κ2) is 5.83. The van der Waals surface area contributed by atoms with Crippen molar-refractivity contribution in [3.05, 3.63) is 47.5 Å². The first-order chi connectivity index (χ1) is 8.72. The van der Waals surface area contributed by atoms with Crippen LogP contribution in [0.2, 0.25) is 0 Å². The highest BCUT2D eigenvalue weighted by Crippen LogP contribution is 2.21. The summed E-state index contributed by atoms with van der Waals surface area (Å²) in [6.07, 6.45) is 5.36. The lowest BCUT2D eigenvalue weighted by Crippen LogP contribution is -2.43. The Kier molecular flexibility index (Phi) is 4.15. The highest BCUT2D eigenvalue weighted by molar-refractivity contribution is 5.73.